The van der Waals surface area contributed by atoms with Crippen molar-refractivity contribution in [3.63, 3.8) is 0 Å². The molecule has 0 radical (unpaired) electrons. The number of nitrogens with zero attached hydrogens (tertiary/aromatic N) is 1. The zero-order chi connectivity index (χ0) is 34.4. The SMILES string of the molecule is c1ccc(-c2ccc(-c3c4ccccc4cc4c3oc3cccc(N(c5ccc(-c6ccccc6)cc5)c5cccc6ccccc56)c34)cc2)cc1. The van der Waals surface area contributed by atoms with Gasteiger partial charge in [-0.15, -0.1) is 0 Å². The third kappa shape index (κ3) is 5.04. The van der Waals surface area contributed by atoms with Crippen molar-refractivity contribution in [1.82, 2.24) is 0 Å². The first-order valence-electron chi connectivity index (χ1n) is 17.8. The highest BCUT2D eigenvalue weighted by Crippen LogP contribution is 2.48. The fraction of sp³-hybridized carbons (Fsp3) is 0. The highest BCUT2D eigenvalue weighted by Gasteiger charge is 2.23. The lowest BCUT2D eigenvalue weighted by Gasteiger charge is -2.27. The molecule has 0 N–H and O–H groups in total. The first-order valence-corrected chi connectivity index (χ1v) is 17.8. The van der Waals surface area contributed by atoms with Crippen LogP contribution in [0.3, 0.4) is 0 Å². The Morgan fingerprint density at radius 2 is 0.865 bits per heavy atom. The maximum absolute atomic E-state index is 6.96. The molecule has 9 aromatic carbocycles. The second-order valence-corrected chi connectivity index (χ2v) is 13.3. The highest BCUT2D eigenvalue weighted by molar-refractivity contribution is 6.22. The van der Waals surface area contributed by atoms with Crippen molar-refractivity contribution in [3.8, 4) is 33.4 Å². The Bertz CT molecular complexity index is 2870. The Morgan fingerprint density at radius 3 is 1.58 bits per heavy atom. The van der Waals surface area contributed by atoms with Crippen LogP contribution in [0.25, 0.3) is 76.9 Å². The van der Waals surface area contributed by atoms with Gasteiger partial charge in [0.1, 0.15) is 11.2 Å². The molecule has 0 aliphatic heterocycles. The Hall–Kier alpha value is -6.90. The molecular weight excluding hydrogens is 631 g/mol. The van der Waals surface area contributed by atoms with Crippen LogP contribution in [0.2, 0.25) is 0 Å². The lowest BCUT2D eigenvalue weighted by atomic mass is 9.93. The van der Waals surface area contributed by atoms with E-state index in [1.807, 2.05) is 0 Å². The van der Waals surface area contributed by atoms with Gasteiger partial charge in [-0.25, -0.2) is 0 Å². The first kappa shape index (κ1) is 30.0. The molecule has 0 saturated carbocycles. The average Bonchev–Trinajstić information content (AvgIpc) is 3.60. The molecule has 0 aliphatic rings. The Kier molecular flexibility index (Phi) is 7.18. The molecule has 0 spiro atoms. The number of furan rings is 1. The molecule has 0 bridgehead atoms. The summed E-state index contributed by atoms with van der Waals surface area (Å²) in [6.45, 7) is 0. The summed E-state index contributed by atoms with van der Waals surface area (Å²) in [4.78, 5) is 2.40. The van der Waals surface area contributed by atoms with Crippen molar-refractivity contribution in [3.05, 3.63) is 200 Å². The van der Waals surface area contributed by atoms with Crippen molar-refractivity contribution in [2.24, 2.45) is 0 Å². The second kappa shape index (κ2) is 12.5. The van der Waals surface area contributed by atoms with Crippen LogP contribution in [-0.4, -0.2) is 0 Å². The maximum atomic E-state index is 6.96. The largest absolute Gasteiger partial charge is 0.455 e. The Labute approximate surface area is 302 Å². The van der Waals surface area contributed by atoms with Gasteiger partial charge >= 0.3 is 0 Å². The summed E-state index contributed by atoms with van der Waals surface area (Å²) in [7, 11) is 0. The van der Waals surface area contributed by atoms with E-state index in [-0.39, 0.29) is 0 Å². The van der Waals surface area contributed by atoms with E-state index in [1.54, 1.807) is 0 Å². The molecule has 1 heterocycles. The Morgan fingerprint density at radius 1 is 0.346 bits per heavy atom. The molecule has 0 fully saturated rings. The van der Waals surface area contributed by atoms with Crippen LogP contribution in [0.15, 0.2) is 205 Å². The van der Waals surface area contributed by atoms with Crippen LogP contribution in [0.5, 0.6) is 0 Å². The summed E-state index contributed by atoms with van der Waals surface area (Å²) in [6.07, 6.45) is 0. The van der Waals surface area contributed by atoms with Gasteiger partial charge in [-0.3, -0.25) is 0 Å². The molecule has 2 nitrogen and oxygen atoms in total. The third-order valence-corrected chi connectivity index (χ3v) is 10.2. The van der Waals surface area contributed by atoms with Crippen molar-refractivity contribution < 1.29 is 4.42 Å². The van der Waals surface area contributed by atoms with Crippen molar-refractivity contribution in [2.75, 3.05) is 4.90 Å². The standard InChI is InChI=1S/C50H33NO/c1-3-13-34(14-4-1)36-25-27-39(28-26-36)48-43-21-10-8-18-40(43)33-44-49-46(23-12-24-47(49)52-50(44)48)51(45-22-11-19-38-17-7-9-20-42(38)45)41-31-29-37(30-32-41)35-15-5-2-6-16-35/h1-33H. The van der Waals surface area contributed by atoms with Gasteiger partial charge in [0.2, 0.25) is 0 Å². The van der Waals surface area contributed by atoms with Crippen LogP contribution in [0, 0.1) is 0 Å². The summed E-state index contributed by atoms with van der Waals surface area (Å²) in [5, 5.41) is 6.92. The van der Waals surface area contributed by atoms with Crippen LogP contribution < -0.4 is 4.90 Å². The molecule has 0 aliphatic carbocycles. The van der Waals surface area contributed by atoms with E-state index in [2.05, 4.69) is 205 Å². The minimum absolute atomic E-state index is 0.858. The van der Waals surface area contributed by atoms with Crippen molar-refractivity contribution in [2.45, 2.75) is 0 Å². The van der Waals surface area contributed by atoms with Crippen LogP contribution >= 0.6 is 0 Å². The second-order valence-electron chi connectivity index (χ2n) is 13.3. The van der Waals surface area contributed by atoms with E-state index in [0.29, 0.717) is 0 Å². The third-order valence-electron chi connectivity index (χ3n) is 10.2. The number of hydrogen-bond donors (Lipinski definition) is 0. The maximum Gasteiger partial charge on any atom is 0.143 e. The number of hydrogen-bond acceptors (Lipinski definition) is 2. The van der Waals surface area contributed by atoms with Crippen molar-refractivity contribution in [1.29, 1.82) is 0 Å². The van der Waals surface area contributed by atoms with E-state index in [1.165, 1.54) is 43.8 Å². The Balaban J connectivity index is 1.22. The molecule has 10 rings (SSSR count). The summed E-state index contributed by atoms with van der Waals surface area (Å²) in [5.41, 5.74) is 12.0. The smallest absolute Gasteiger partial charge is 0.143 e. The van der Waals surface area contributed by atoms with Crippen LogP contribution in [-0.2, 0) is 0 Å². The zero-order valence-corrected chi connectivity index (χ0v) is 28.4. The predicted molar refractivity (Wildman–Crippen MR) is 220 cm³/mol. The minimum atomic E-state index is 0.858. The topological polar surface area (TPSA) is 16.4 Å². The van der Waals surface area contributed by atoms with Gasteiger partial charge in [0, 0.05) is 22.0 Å². The lowest BCUT2D eigenvalue weighted by Crippen LogP contribution is -2.10. The lowest BCUT2D eigenvalue weighted by molar-refractivity contribution is 0.670. The van der Waals surface area contributed by atoms with Crippen LogP contribution in [0.4, 0.5) is 17.1 Å². The number of anilines is 3. The molecule has 10 aromatic rings. The van der Waals surface area contributed by atoms with Gasteiger partial charge in [0.05, 0.1) is 16.8 Å². The average molecular weight is 664 g/mol. The van der Waals surface area contributed by atoms with Gasteiger partial charge < -0.3 is 9.32 Å². The quantitative estimate of drug-likeness (QED) is 0.176. The molecule has 0 atom stereocenters. The summed E-state index contributed by atoms with van der Waals surface area (Å²) >= 11 is 0. The fourth-order valence-corrected chi connectivity index (χ4v) is 7.78. The highest BCUT2D eigenvalue weighted by atomic mass is 16.3. The first-order chi connectivity index (χ1) is 25.8. The van der Waals surface area contributed by atoms with Gasteiger partial charge in [0.15, 0.2) is 0 Å². The predicted octanol–water partition coefficient (Wildman–Crippen LogP) is 14.4. The molecule has 52 heavy (non-hydrogen) atoms. The summed E-state index contributed by atoms with van der Waals surface area (Å²) in [5.74, 6) is 0. The molecule has 0 amide bonds. The van der Waals surface area contributed by atoms with E-state index < -0.39 is 0 Å². The van der Waals surface area contributed by atoms with Gasteiger partial charge in [-0.05, 0) is 80.4 Å². The van der Waals surface area contributed by atoms with E-state index in [9.17, 15) is 0 Å². The van der Waals surface area contributed by atoms with Crippen molar-refractivity contribution >= 4 is 60.5 Å². The zero-order valence-electron chi connectivity index (χ0n) is 28.4. The molecule has 2 heteroatoms. The van der Waals surface area contributed by atoms with Gasteiger partial charge in [-0.1, -0.05) is 164 Å². The number of fused-ring (bicyclic) bond motifs is 5. The molecule has 1 aromatic heterocycles. The fourth-order valence-electron chi connectivity index (χ4n) is 7.78. The summed E-state index contributed by atoms with van der Waals surface area (Å²) < 4.78 is 6.96. The monoisotopic (exact) mass is 663 g/mol. The summed E-state index contributed by atoms with van der Waals surface area (Å²) in [6, 6.07) is 71.5. The van der Waals surface area contributed by atoms with E-state index in [0.717, 1.165) is 50.1 Å². The molecule has 0 unspecified atom stereocenters. The van der Waals surface area contributed by atoms with E-state index >= 15 is 0 Å². The minimum Gasteiger partial charge on any atom is -0.455 e. The number of rotatable bonds is 6. The molecule has 0 saturated heterocycles. The molecular formula is C50H33NO. The normalized spacial score (nSPS) is 11.5. The number of benzene rings is 9. The molecule has 244 valence electrons. The van der Waals surface area contributed by atoms with Gasteiger partial charge in [0.25, 0.3) is 0 Å². The van der Waals surface area contributed by atoms with E-state index in [4.69, 9.17) is 4.42 Å². The van der Waals surface area contributed by atoms with Gasteiger partial charge in [-0.2, -0.15) is 0 Å². The van der Waals surface area contributed by atoms with Crippen LogP contribution in [0.1, 0.15) is 0 Å².